The molecule has 0 aliphatic carbocycles. The van der Waals surface area contributed by atoms with Crippen LogP contribution in [-0.2, 0) is 29.3 Å². The molecule has 1 fully saturated rings. The molecule has 1 aromatic heterocycles. The maximum absolute atomic E-state index is 12.9. The van der Waals surface area contributed by atoms with Crippen LogP contribution in [0, 0.1) is 6.92 Å². The van der Waals surface area contributed by atoms with Crippen molar-refractivity contribution in [2.45, 2.75) is 38.1 Å². The molecule has 34 heavy (non-hydrogen) atoms. The highest BCUT2D eigenvalue weighted by molar-refractivity contribution is 7.83. The SMILES string of the molecule is CCCCOC(=O)NS(=O)c1ccc(C)cc1N1CCN(Cc2nc3ccccc3n2C)CC1. The minimum Gasteiger partial charge on any atom is -0.449 e. The van der Waals surface area contributed by atoms with Crippen molar-refractivity contribution < 1.29 is 13.7 Å². The first-order valence-electron chi connectivity index (χ1n) is 11.8. The third-order valence-corrected chi connectivity index (χ3v) is 7.28. The minimum absolute atomic E-state index is 0.327. The van der Waals surface area contributed by atoms with Crippen LogP contribution < -0.4 is 9.62 Å². The van der Waals surface area contributed by atoms with Gasteiger partial charge in [-0.1, -0.05) is 31.5 Å². The molecule has 0 spiro atoms. The number of nitrogens with zero attached hydrogens (tertiary/aromatic N) is 4. The highest BCUT2D eigenvalue weighted by atomic mass is 32.2. The number of nitrogens with one attached hydrogen (secondary N) is 1. The van der Waals surface area contributed by atoms with Gasteiger partial charge in [0.2, 0.25) is 0 Å². The van der Waals surface area contributed by atoms with E-state index >= 15 is 0 Å². The summed E-state index contributed by atoms with van der Waals surface area (Å²) in [6.45, 7) is 8.51. The van der Waals surface area contributed by atoms with Crippen molar-refractivity contribution in [3.63, 3.8) is 0 Å². The van der Waals surface area contributed by atoms with Crippen molar-refractivity contribution in [1.29, 1.82) is 0 Å². The van der Waals surface area contributed by atoms with Crippen molar-refractivity contribution in [1.82, 2.24) is 19.2 Å². The van der Waals surface area contributed by atoms with Crippen molar-refractivity contribution in [3.8, 4) is 0 Å². The Hall–Kier alpha value is -2.91. The first-order valence-corrected chi connectivity index (χ1v) is 12.9. The summed E-state index contributed by atoms with van der Waals surface area (Å²) in [4.78, 5) is 22.1. The van der Waals surface area contributed by atoms with E-state index in [2.05, 4.69) is 32.2 Å². The van der Waals surface area contributed by atoms with E-state index in [1.807, 2.05) is 50.2 Å². The van der Waals surface area contributed by atoms with E-state index < -0.39 is 17.1 Å². The molecule has 182 valence electrons. The minimum atomic E-state index is -1.69. The standard InChI is InChI=1S/C25H33N5O3S/c1-4-5-16-33-25(31)27-34(32)23-11-10-19(2)17-22(23)30-14-12-29(13-15-30)18-24-26-20-8-6-7-9-21(20)28(24)3/h6-11,17H,4-5,12-16,18H2,1-3H3,(H,27,31). The van der Waals surface area contributed by atoms with Crippen LogP contribution in [0.2, 0.25) is 0 Å². The highest BCUT2D eigenvalue weighted by Gasteiger charge is 2.23. The maximum Gasteiger partial charge on any atom is 0.419 e. The van der Waals surface area contributed by atoms with Gasteiger partial charge in [-0.2, -0.15) is 0 Å². The molecule has 4 rings (SSSR count). The summed E-state index contributed by atoms with van der Waals surface area (Å²) in [6, 6.07) is 14.0. The first kappa shape index (κ1) is 24.2. The second-order valence-electron chi connectivity index (χ2n) is 8.67. The molecule has 1 N–H and O–H groups in total. The lowest BCUT2D eigenvalue weighted by molar-refractivity contribution is 0.151. The number of amides is 1. The molecular weight excluding hydrogens is 450 g/mol. The van der Waals surface area contributed by atoms with Gasteiger partial charge in [-0.3, -0.25) is 4.90 Å². The van der Waals surface area contributed by atoms with Gasteiger partial charge >= 0.3 is 6.09 Å². The number of piperazine rings is 1. The molecule has 9 heteroatoms. The summed E-state index contributed by atoms with van der Waals surface area (Å²) in [6.07, 6.45) is 1.07. The molecule has 1 saturated heterocycles. The van der Waals surface area contributed by atoms with Gasteiger partial charge in [0, 0.05) is 33.2 Å². The Labute approximate surface area is 203 Å². The Kier molecular flexibility index (Phi) is 7.84. The molecule has 8 nitrogen and oxygen atoms in total. The number of carbonyl (C=O) groups excluding carboxylic acids is 1. The maximum atomic E-state index is 12.9. The molecule has 3 aromatic rings. The zero-order valence-corrected chi connectivity index (χ0v) is 20.9. The van der Waals surface area contributed by atoms with Gasteiger partial charge in [-0.15, -0.1) is 0 Å². The number of hydrogen-bond donors (Lipinski definition) is 1. The second-order valence-corrected chi connectivity index (χ2v) is 9.85. The molecule has 1 atom stereocenters. The van der Waals surface area contributed by atoms with Crippen LogP contribution in [0.25, 0.3) is 11.0 Å². The fraction of sp³-hybridized carbons (Fsp3) is 0.440. The van der Waals surface area contributed by atoms with Gasteiger partial charge in [0.05, 0.1) is 34.8 Å². The van der Waals surface area contributed by atoms with Gasteiger partial charge in [0.15, 0.2) is 11.0 Å². The van der Waals surface area contributed by atoms with Crippen molar-refractivity contribution in [2.75, 3.05) is 37.7 Å². The summed E-state index contributed by atoms with van der Waals surface area (Å²) in [5, 5.41) is 0. The predicted molar refractivity (Wildman–Crippen MR) is 135 cm³/mol. The quantitative estimate of drug-likeness (QED) is 0.492. The monoisotopic (exact) mass is 483 g/mol. The number of ether oxygens (including phenoxy) is 1. The van der Waals surface area contributed by atoms with E-state index in [9.17, 15) is 9.00 Å². The van der Waals surface area contributed by atoms with Crippen molar-refractivity contribution in [2.24, 2.45) is 7.05 Å². The van der Waals surface area contributed by atoms with Crippen molar-refractivity contribution >= 4 is 33.8 Å². The summed E-state index contributed by atoms with van der Waals surface area (Å²) in [5.41, 5.74) is 4.15. The average molecular weight is 484 g/mol. The normalized spacial score (nSPS) is 15.4. The van der Waals surface area contributed by atoms with Crippen molar-refractivity contribution in [3.05, 3.63) is 53.9 Å². The second kappa shape index (κ2) is 11.0. The Balaban J connectivity index is 1.40. The zero-order chi connectivity index (χ0) is 24.1. The zero-order valence-electron chi connectivity index (χ0n) is 20.1. The molecule has 1 aliphatic rings. The Morgan fingerprint density at radius 2 is 1.91 bits per heavy atom. The summed E-state index contributed by atoms with van der Waals surface area (Å²) in [5.74, 6) is 1.05. The highest BCUT2D eigenvalue weighted by Crippen LogP contribution is 2.26. The van der Waals surface area contributed by atoms with E-state index in [-0.39, 0.29) is 0 Å². The molecule has 1 amide bonds. The van der Waals surface area contributed by atoms with Crippen LogP contribution >= 0.6 is 0 Å². The molecule has 0 radical (unpaired) electrons. The number of hydrogen-bond acceptors (Lipinski definition) is 6. The van der Waals surface area contributed by atoms with Gasteiger partial charge in [-0.25, -0.2) is 18.7 Å². The number of aryl methyl sites for hydroxylation is 2. The Morgan fingerprint density at radius 3 is 2.65 bits per heavy atom. The van der Waals surface area contributed by atoms with Gasteiger partial charge in [-0.05, 0) is 43.2 Å². The van der Waals surface area contributed by atoms with E-state index in [0.29, 0.717) is 11.5 Å². The summed E-state index contributed by atoms with van der Waals surface area (Å²) < 4.78 is 22.7. The fourth-order valence-electron chi connectivity index (χ4n) is 4.18. The Bertz CT molecular complexity index is 1170. The molecule has 2 aromatic carbocycles. The Morgan fingerprint density at radius 1 is 1.15 bits per heavy atom. The average Bonchev–Trinajstić information content (AvgIpc) is 3.15. The largest absolute Gasteiger partial charge is 0.449 e. The molecular formula is C25H33N5O3S. The lowest BCUT2D eigenvalue weighted by atomic mass is 10.2. The lowest BCUT2D eigenvalue weighted by Crippen LogP contribution is -2.46. The van der Waals surface area contributed by atoms with E-state index in [0.717, 1.165) is 73.7 Å². The first-order chi connectivity index (χ1) is 16.5. The summed E-state index contributed by atoms with van der Waals surface area (Å²) >= 11 is 0. The van der Waals surface area contributed by atoms with Crippen LogP contribution in [0.3, 0.4) is 0 Å². The van der Waals surface area contributed by atoms with E-state index in [1.54, 1.807) is 0 Å². The molecule has 0 bridgehead atoms. The van der Waals surface area contributed by atoms with Crippen LogP contribution in [-0.4, -0.2) is 57.5 Å². The number of anilines is 1. The van der Waals surface area contributed by atoms with Gasteiger partial charge < -0.3 is 14.2 Å². The predicted octanol–water partition coefficient (Wildman–Crippen LogP) is 3.75. The smallest absolute Gasteiger partial charge is 0.419 e. The van der Waals surface area contributed by atoms with Crippen LogP contribution in [0.5, 0.6) is 0 Å². The number of fused-ring (bicyclic) bond motifs is 1. The number of rotatable bonds is 8. The summed E-state index contributed by atoms with van der Waals surface area (Å²) in [7, 11) is 0.379. The molecule has 0 saturated carbocycles. The lowest BCUT2D eigenvalue weighted by Gasteiger charge is -2.36. The topological polar surface area (TPSA) is 79.7 Å². The van der Waals surface area contributed by atoms with Crippen LogP contribution in [0.1, 0.15) is 31.2 Å². The number of carbonyl (C=O) groups is 1. The van der Waals surface area contributed by atoms with Gasteiger partial charge in [0.1, 0.15) is 5.82 Å². The molecule has 2 heterocycles. The number of aromatic nitrogens is 2. The number of benzene rings is 2. The molecule has 1 unspecified atom stereocenters. The number of imidazole rings is 1. The van der Waals surface area contributed by atoms with Crippen LogP contribution in [0.15, 0.2) is 47.4 Å². The number of unbranched alkanes of at least 4 members (excludes halogenated alkanes) is 1. The van der Waals surface area contributed by atoms with E-state index in [4.69, 9.17) is 9.72 Å². The fourth-order valence-corrected chi connectivity index (χ4v) is 5.07. The van der Waals surface area contributed by atoms with Gasteiger partial charge in [0.25, 0.3) is 0 Å². The third-order valence-electron chi connectivity index (χ3n) is 6.18. The number of para-hydroxylation sites is 2. The molecule has 1 aliphatic heterocycles. The third kappa shape index (κ3) is 5.59. The van der Waals surface area contributed by atoms with Crippen LogP contribution in [0.4, 0.5) is 10.5 Å². The van der Waals surface area contributed by atoms with E-state index in [1.165, 1.54) is 0 Å².